The van der Waals surface area contributed by atoms with Crippen molar-refractivity contribution in [3.63, 3.8) is 0 Å². The zero-order valence-corrected chi connectivity index (χ0v) is 13.8. The number of aliphatic hydroxyl groups is 1. The highest BCUT2D eigenvalue weighted by atomic mass is 16.2. The zero-order chi connectivity index (χ0) is 16.3. The number of nitrogens with one attached hydrogen (secondary N) is 1. The quantitative estimate of drug-likeness (QED) is 0.543. The number of benzene rings is 1. The third-order valence-electron chi connectivity index (χ3n) is 4.20. The summed E-state index contributed by atoms with van der Waals surface area (Å²) < 4.78 is 0. The standard InChI is InChI=1S/C19H28N2O2/c22-15-7-10-18(16-19(23)17-8-3-1-4-9-17)20-11-14-21-12-5-2-6-13-21/h1,3-4,8-9,16,20,22H,2,5-7,10-15H2/b18-16+. The maximum Gasteiger partial charge on any atom is 0.187 e. The van der Waals surface area contributed by atoms with Gasteiger partial charge in [0.25, 0.3) is 0 Å². The average molecular weight is 316 g/mol. The Morgan fingerprint density at radius 1 is 1.17 bits per heavy atom. The maximum atomic E-state index is 12.3. The first-order chi connectivity index (χ1) is 11.3. The molecule has 0 saturated carbocycles. The number of hydrogen-bond donors (Lipinski definition) is 2. The molecule has 0 unspecified atom stereocenters. The van der Waals surface area contributed by atoms with E-state index in [9.17, 15) is 4.79 Å². The number of piperidine rings is 1. The number of likely N-dealkylation sites (tertiary alicyclic amines) is 1. The molecule has 4 heteroatoms. The van der Waals surface area contributed by atoms with Crippen molar-refractivity contribution in [1.82, 2.24) is 10.2 Å². The van der Waals surface area contributed by atoms with Gasteiger partial charge in [0, 0.05) is 37.0 Å². The van der Waals surface area contributed by atoms with Crippen molar-refractivity contribution in [1.29, 1.82) is 0 Å². The molecule has 0 spiro atoms. The number of allylic oxidation sites excluding steroid dienone is 2. The summed E-state index contributed by atoms with van der Waals surface area (Å²) in [5, 5.41) is 12.4. The first-order valence-corrected chi connectivity index (χ1v) is 8.66. The van der Waals surface area contributed by atoms with E-state index in [-0.39, 0.29) is 12.4 Å². The molecule has 1 aliphatic rings. The van der Waals surface area contributed by atoms with E-state index in [0.717, 1.165) is 18.8 Å². The van der Waals surface area contributed by atoms with Gasteiger partial charge in [-0.15, -0.1) is 0 Å². The van der Waals surface area contributed by atoms with E-state index in [0.29, 0.717) is 18.4 Å². The first kappa shape index (κ1) is 17.7. The van der Waals surface area contributed by atoms with E-state index in [1.807, 2.05) is 30.3 Å². The van der Waals surface area contributed by atoms with Crippen molar-refractivity contribution in [2.75, 3.05) is 32.8 Å². The van der Waals surface area contributed by atoms with Gasteiger partial charge in [-0.05, 0) is 38.8 Å². The third-order valence-corrected chi connectivity index (χ3v) is 4.20. The highest BCUT2D eigenvalue weighted by Gasteiger charge is 2.10. The molecule has 1 fully saturated rings. The fraction of sp³-hybridized carbons (Fsp3) is 0.526. The number of rotatable bonds is 9. The minimum Gasteiger partial charge on any atom is -0.396 e. The van der Waals surface area contributed by atoms with E-state index in [2.05, 4.69) is 10.2 Å². The van der Waals surface area contributed by atoms with Crippen LogP contribution in [-0.4, -0.2) is 48.6 Å². The number of carbonyl (C=O) groups is 1. The number of ketones is 1. The predicted molar refractivity (Wildman–Crippen MR) is 93.5 cm³/mol. The van der Waals surface area contributed by atoms with Crippen molar-refractivity contribution < 1.29 is 9.90 Å². The van der Waals surface area contributed by atoms with Gasteiger partial charge in [-0.2, -0.15) is 0 Å². The van der Waals surface area contributed by atoms with Crippen LogP contribution in [0.1, 0.15) is 42.5 Å². The second kappa shape index (κ2) is 10.2. The molecule has 0 atom stereocenters. The van der Waals surface area contributed by atoms with Crippen LogP contribution in [0.4, 0.5) is 0 Å². The molecule has 1 aliphatic heterocycles. The van der Waals surface area contributed by atoms with E-state index < -0.39 is 0 Å². The molecular weight excluding hydrogens is 288 g/mol. The summed E-state index contributed by atoms with van der Waals surface area (Å²) in [5.74, 6) is 0.0176. The Labute approximate surface area is 139 Å². The highest BCUT2D eigenvalue weighted by molar-refractivity contribution is 6.04. The summed E-state index contributed by atoms with van der Waals surface area (Å²) >= 11 is 0. The number of aliphatic hydroxyl groups excluding tert-OH is 1. The molecule has 0 amide bonds. The van der Waals surface area contributed by atoms with Gasteiger partial charge in [-0.25, -0.2) is 0 Å². The van der Waals surface area contributed by atoms with Crippen molar-refractivity contribution in [3.05, 3.63) is 47.7 Å². The van der Waals surface area contributed by atoms with Crippen LogP contribution in [0.2, 0.25) is 0 Å². The zero-order valence-electron chi connectivity index (χ0n) is 13.8. The molecule has 1 saturated heterocycles. The third kappa shape index (κ3) is 6.55. The van der Waals surface area contributed by atoms with Crippen molar-refractivity contribution in [2.45, 2.75) is 32.1 Å². The van der Waals surface area contributed by atoms with E-state index in [1.165, 1.54) is 32.4 Å². The fourth-order valence-corrected chi connectivity index (χ4v) is 2.88. The molecule has 1 aromatic carbocycles. The monoisotopic (exact) mass is 316 g/mol. The van der Waals surface area contributed by atoms with Crippen LogP contribution < -0.4 is 5.32 Å². The van der Waals surface area contributed by atoms with Gasteiger partial charge in [0.05, 0.1) is 0 Å². The Balaban J connectivity index is 1.87. The highest BCUT2D eigenvalue weighted by Crippen LogP contribution is 2.09. The Kier molecular flexibility index (Phi) is 7.84. The Bertz CT molecular complexity index is 493. The Morgan fingerprint density at radius 2 is 1.91 bits per heavy atom. The molecule has 4 nitrogen and oxygen atoms in total. The largest absolute Gasteiger partial charge is 0.396 e. The van der Waals surface area contributed by atoms with Gasteiger partial charge < -0.3 is 15.3 Å². The lowest BCUT2D eigenvalue weighted by molar-refractivity contribution is 0.104. The summed E-state index contributed by atoms with van der Waals surface area (Å²) in [4.78, 5) is 14.8. The minimum atomic E-state index is 0.0176. The van der Waals surface area contributed by atoms with Gasteiger partial charge >= 0.3 is 0 Å². The number of nitrogens with zero attached hydrogens (tertiary/aromatic N) is 1. The summed E-state index contributed by atoms with van der Waals surface area (Å²) in [6.45, 7) is 4.36. The van der Waals surface area contributed by atoms with Crippen LogP contribution >= 0.6 is 0 Å². The molecule has 23 heavy (non-hydrogen) atoms. The van der Waals surface area contributed by atoms with Gasteiger partial charge in [0.2, 0.25) is 0 Å². The normalized spacial score (nSPS) is 16.3. The molecule has 1 aromatic rings. The lowest BCUT2D eigenvalue weighted by Gasteiger charge is -2.26. The topological polar surface area (TPSA) is 52.6 Å². The molecule has 0 aromatic heterocycles. The van der Waals surface area contributed by atoms with Crippen LogP contribution in [0.15, 0.2) is 42.1 Å². The van der Waals surface area contributed by atoms with Gasteiger partial charge in [0.1, 0.15) is 0 Å². The van der Waals surface area contributed by atoms with Gasteiger partial charge in [0.15, 0.2) is 5.78 Å². The minimum absolute atomic E-state index is 0.0176. The van der Waals surface area contributed by atoms with Crippen LogP contribution in [0.5, 0.6) is 0 Å². The maximum absolute atomic E-state index is 12.3. The molecule has 1 heterocycles. The molecule has 126 valence electrons. The fourth-order valence-electron chi connectivity index (χ4n) is 2.88. The number of hydrogen-bond acceptors (Lipinski definition) is 4. The van der Waals surface area contributed by atoms with Crippen LogP contribution in [-0.2, 0) is 0 Å². The summed E-state index contributed by atoms with van der Waals surface area (Å²) in [6.07, 6.45) is 6.98. The van der Waals surface area contributed by atoms with Crippen molar-refractivity contribution in [2.24, 2.45) is 0 Å². The second-order valence-electron chi connectivity index (χ2n) is 6.06. The van der Waals surface area contributed by atoms with Crippen LogP contribution in [0.25, 0.3) is 0 Å². The predicted octanol–water partition coefficient (Wildman–Crippen LogP) is 2.60. The molecule has 2 N–H and O–H groups in total. The molecule has 0 aliphatic carbocycles. The summed E-state index contributed by atoms with van der Waals surface area (Å²) in [7, 11) is 0. The second-order valence-corrected chi connectivity index (χ2v) is 6.06. The first-order valence-electron chi connectivity index (χ1n) is 8.66. The van der Waals surface area contributed by atoms with Crippen molar-refractivity contribution >= 4 is 5.78 Å². The number of carbonyl (C=O) groups excluding carboxylic acids is 1. The molecule has 2 rings (SSSR count). The van der Waals surface area contributed by atoms with Crippen LogP contribution in [0, 0.1) is 0 Å². The SMILES string of the molecule is O=C(/C=C(\CCCO)NCCN1CCCCC1)c1ccccc1. The molecule has 0 bridgehead atoms. The van der Waals surface area contributed by atoms with E-state index >= 15 is 0 Å². The van der Waals surface area contributed by atoms with Crippen LogP contribution in [0.3, 0.4) is 0 Å². The van der Waals surface area contributed by atoms with E-state index in [1.54, 1.807) is 6.08 Å². The van der Waals surface area contributed by atoms with Gasteiger partial charge in [-0.1, -0.05) is 36.8 Å². The Hall–Kier alpha value is -1.65. The molecule has 0 radical (unpaired) electrons. The molecular formula is C19H28N2O2. The lowest BCUT2D eigenvalue weighted by atomic mass is 10.1. The lowest BCUT2D eigenvalue weighted by Crippen LogP contribution is -2.35. The van der Waals surface area contributed by atoms with Gasteiger partial charge in [-0.3, -0.25) is 4.79 Å². The summed E-state index contributed by atoms with van der Waals surface area (Å²) in [6, 6.07) is 9.31. The van der Waals surface area contributed by atoms with Crippen molar-refractivity contribution in [3.8, 4) is 0 Å². The van der Waals surface area contributed by atoms with E-state index in [4.69, 9.17) is 5.11 Å². The average Bonchev–Trinajstić information content (AvgIpc) is 2.61. The Morgan fingerprint density at radius 3 is 2.61 bits per heavy atom. The smallest absolute Gasteiger partial charge is 0.187 e. The summed E-state index contributed by atoms with van der Waals surface area (Å²) in [5.41, 5.74) is 1.62.